The summed E-state index contributed by atoms with van der Waals surface area (Å²) in [5, 5.41) is 14.4. The summed E-state index contributed by atoms with van der Waals surface area (Å²) in [4.78, 5) is 22.1. The van der Waals surface area contributed by atoms with Crippen molar-refractivity contribution in [3.63, 3.8) is 0 Å². The lowest BCUT2D eigenvalue weighted by Crippen LogP contribution is -2.51. The van der Waals surface area contributed by atoms with Gasteiger partial charge in [0.2, 0.25) is 0 Å². The molecule has 0 unspecified atom stereocenters. The number of hydrogen-bond acceptors (Lipinski definition) is 6. The number of anilines is 1. The Hall–Kier alpha value is -2.36. The van der Waals surface area contributed by atoms with Crippen LogP contribution in [0.2, 0.25) is 0 Å². The van der Waals surface area contributed by atoms with Crippen LogP contribution in [0.5, 0.6) is 0 Å². The van der Waals surface area contributed by atoms with Gasteiger partial charge in [-0.25, -0.2) is 17.5 Å². The van der Waals surface area contributed by atoms with E-state index in [1.165, 1.54) is 32.9 Å². The van der Waals surface area contributed by atoms with E-state index in [1.54, 1.807) is 0 Å². The molecule has 0 bridgehead atoms. The Balaban J connectivity index is 2.57. The maximum Gasteiger partial charge on any atom is 0.329 e. The Morgan fingerprint density at radius 1 is 1.26 bits per heavy atom. The molecule has 3 N–H and O–H groups in total. The van der Waals surface area contributed by atoms with Crippen LogP contribution in [0.3, 0.4) is 0 Å². The molecule has 0 heterocycles. The number of carbonyl (C=O) groups excluding carboxylic acids is 1. The minimum atomic E-state index is -4.40. The minimum Gasteiger partial charge on any atom is -0.381 e. The number of hydrogen-bond donors (Lipinski definition) is 2. The average molecular weight is 398 g/mol. The molecule has 0 aromatic heterocycles. The Morgan fingerprint density at radius 2 is 1.85 bits per heavy atom. The molecule has 150 valence electrons. The van der Waals surface area contributed by atoms with Crippen molar-refractivity contribution in [1.82, 2.24) is 4.31 Å². The molecule has 0 radical (unpaired) electrons. The predicted octanol–water partition coefficient (Wildman–Crippen LogP) is 3.21. The van der Waals surface area contributed by atoms with E-state index in [0.717, 1.165) is 38.2 Å². The number of rotatable bonds is 5. The molecule has 0 saturated heterocycles. The first-order valence-electron chi connectivity index (χ1n) is 8.84. The Kier molecular flexibility index (Phi) is 5.98. The van der Waals surface area contributed by atoms with Crippen molar-refractivity contribution in [2.75, 3.05) is 5.32 Å². The molecule has 9 nitrogen and oxygen atoms in total. The summed E-state index contributed by atoms with van der Waals surface area (Å²) in [7, 11) is -4.40. The minimum absolute atomic E-state index is 0.0748. The van der Waals surface area contributed by atoms with Gasteiger partial charge in [-0.15, -0.1) is 0 Å². The van der Waals surface area contributed by atoms with E-state index in [0.29, 0.717) is 4.31 Å². The molecular weight excluding hydrogens is 372 g/mol. The monoisotopic (exact) mass is 398 g/mol. The van der Waals surface area contributed by atoms with E-state index < -0.39 is 26.5 Å². The normalized spacial score (nSPS) is 16.0. The zero-order valence-electron chi connectivity index (χ0n) is 15.8. The molecule has 1 aromatic rings. The van der Waals surface area contributed by atoms with Crippen LogP contribution in [0.1, 0.15) is 52.9 Å². The maximum atomic E-state index is 13.2. The van der Waals surface area contributed by atoms with Gasteiger partial charge in [-0.1, -0.05) is 19.3 Å². The molecule has 27 heavy (non-hydrogen) atoms. The third kappa shape index (κ3) is 4.68. The topological polar surface area (TPSA) is 136 Å². The van der Waals surface area contributed by atoms with E-state index in [1.807, 2.05) is 0 Å². The number of nitro groups is 1. The molecule has 10 heteroatoms. The van der Waals surface area contributed by atoms with E-state index in [4.69, 9.17) is 5.73 Å². The van der Waals surface area contributed by atoms with Gasteiger partial charge in [-0.3, -0.25) is 10.1 Å². The quantitative estimate of drug-likeness (QED) is 0.577. The Morgan fingerprint density at radius 3 is 2.33 bits per heavy atom. The van der Waals surface area contributed by atoms with Crippen LogP contribution in [0.4, 0.5) is 16.2 Å². The van der Waals surface area contributed by atoms with Crippen molar-refractivity contribution in [1.29, 1.82) is 0 Å². The summed E-state index contributed by atoms with van der Waals surface area (Å²) in [6, 6.07) is 2.53. The van der Waals surface area contributed by atoms with E-state index >= 15 is 0 Å². The van der Waals surface area contributed by atoms with Crippen LogP contribution in [-0.4, -0.2) is 35.3 Å². The number of nitrogens with two attached hydrogens (primary N) is 1. The fourth-order valence-electron chi connectivity index (χ4n) is 3.33. The van der Waals surface area contributed by atoms with Gasteiger partial charge in [0.25, 0.3) is 15.7 Å². The summed E-state index contributed by atoms with van der Waals surface area (Å²) in [6.07, 6.45) is 4.96. The van der Waals surface area contributed by atoms with Crippen molar-refractivity contribution in [2.45, 2.75) is 69.4 Å². The fraction of sp³-hybridized carbons (Fsp3) is 0.588. The largest absolute Gasteiger partial charge is 0.381 e. The highest BCUT2D eigenvalue weighted by Crippen LogP contribution is 2.33. The number of urea groups is 1. The second kappa shape index (κ2) is 7.71. The van der Waals surface area contributed by atoms with Gasteiger partial charge >= 0.3 is 6.03 Å². The molecule has 0 spiro atoms. The second-order valence-electron chi connectivity index (χ2n) is 7.70. The first-order chi connectivity index (χ1) is 12.4. The summed E-state index contributed by atoms with van der Waals surface area (Å²) in [5.74, 6) is 0. The van der Waals surface area contributed by atoms with Gasteiger partial charge in [0.1, 0.15) is 4.90 Å². The molecule has 1 aliphatic rings. The van der Waals surface area contributed by atoms with Gasteiger partial charge in [-0.2, -0.15) is 0 Å². The zero-order valence-corrected chi connectivity index (χ0v) is 16.6. The molecule has 2 amide bonds. The maximum absolute atomic E-state index is 13.2. The molecule has 1 saturated carbocycles. The zero-order chi connectivity index (χ0) is 20.4. The highest BCUT2D eigenvalue weighted by molar-refractivity contribution is 7.89. The molecule has 1 aromatic carbocycles. The van der Waals surface area contributed by atoms with Crippen molar-refractivity contribution in [3.8, 4) is 0 Å². The Labute approximate surface area is 159 Å². The smallest absolute Gasteiger partial charge is 0.329 e. The first-order valence-corrected chi connectivity index (χ1v) is 10.3. The summed E-state index contributed by atoms with van der Waals surface area (Å²) in [5.41, 5.74) is 4.07. The molecule has 1 aliphatic carbocycles. The van der Waals surface area contributed by atoms with Crippen molar-refractivity contribution >= 4 is 27.4 Å². The van der Waals surface area contributed by atoms with Crippen molar-refractivity contribution < 1.29 is 18.1 Å². The molecule has 1 fully saturated rings. The standard InChI is InChI=1S/C17H26N4O5S/c1-17(2,3)20(16(18)22)27(25,26)15-11-13(21(23)24)9-10-14(15)19-12-7-5-4-6-8-12/h9-12,19H,4-8H2,1-3H3,(H2,18,22). The van der Waals surface area contributed by atoms with Gasteiger partial charge in [0.05, 0.1) is 16.1 Å². The number of non-ortho nitro benzene ring substituents is 1. The number of sulfonamides is 1. The van der Waals surface area contributed by atoms with Crippen molar-refractivity contribution in [3.05, 3.63) is 28.3 Å². The molecular formula is C17H26N4O5S. The highest BCUT2D eigenvalue weighted by Gasteiger charge is 2.39. The van der Waals surface area contributed by atoms with Crippen LogP contribution in [0, 0.1) is 10.1 Å². The van der Waals surface area contributed by atoms with Crippen LogP contribution in [0.25, 0.3) is 0 Å². The second-order valence-corrected chi connectivity index (χ2v) is 9.45. The van der Waals surface area contributed by atoms with Gasteiger partial charge in [0.15, 0.2) is 0 Å². The van der Waals surface area contributed by atoms with Gasteiger partial charge in [0, 0.05) is 18.2 Å². The highest BCUT2D eigenvalue weighted by atomic mass is 32.2. The van der Waals surface area contributed by atoms with Crippen LogP contribution in [-0.2, 0) is 10.0 Å². The van der Waals surface area contributed by atoms with E-state index in [9.17, 15) is 23.3 Å². The van der Waals surface area contributed by atoms with Crippen molar-refractivity contribution in [2.24, 2.45) is 5.73 Å². The number of primary amides is 1. The summed E-state index contributed by atoms with van der Waals surface area (Å²) >= 11 is 0. The average Bonchev–Trinajstić information content (AvgIpc) is 2.53. The lowest BCUT2D eigenvalue weighted by atomic mass is 9.95. The van der Waals surface area contributed by atoms with Crippen LogP contribution < -0.4 is 11.1 Å². The lowest BCUT2D eigenvalue weighted by molar-refractivity contribution is -0.385. The number of nitro benzene ring substituents is 1. The lowest BCUT2D eigenvalue weighted by Gasteiger charge is -2.34. The number of nitrogens with one attached hydrogen (secondary N) is 1. The fourth-order valence-corrected chi connectivity index (χ4v) is 5.16. The van der Waals surface area contributed by atoms with Crippen LogP contribution in [0.15, 0.2) is 23.1 Å². The van der Waals surface area contributed by atoms with Gasteiger partial charge < -0.3 is 11.1 Å². The Bertz CT molecular complexity index is 826. The van der Waals surface area contributed by atoms with Crippen LogP contribution >= 0.6 is 0 Å². The van der Waals surface area contributed by atoms with Gasteiger partial charge in [-0.05, 0) is 39.7 Å². The molecule has 0 aliphatic heterocycles. The molecule has 2 rings (SSSR count). The van der Waals surface area contributed by atoms with E-state index in [2.05, 4.69) is 5.32 Å². The SMILES string of the molecule is CC(C)(C)N(C(N)=O)S(=O)(=O)c1cc([N+](=O)[O-])ccc1NC1CCCCC1. The number of nitrogens with zero attached hydrogens (tertiary/aromatic N) is 2. The third-order valence-corrected chi connectivity index (χ3v) is 6.57. The summed E-state index contributed by atoms with van der Waals surface area (Å²) < 4.78 is 27.0. The number of carbonyl (C=O) groups is 1. The summed E-state index contributed by atoms with van der Waals surface area (Å²) in [6.45, 7) is 4.59. The first kappa shape index (κ1) is 20.9. The van der Waals surface area contributed by atoms with E-state index in [-0.39, 0.29) is 22.3 Å². The number of benzene rings is 1. The number of amides is 2. The predicted molar refractivity (Wildman–Crippen MR) is 102 cm³/mol. The molecule has 0 atom stereocenters. The third-order valence-electron chi connectivity index (χ3n) is 4.47.